The second-order valence-corrected chi connectivity index (χ2v) is 3.04. The maximum atomic E-state index is 5.30. The Morgan fingerprint density at radius 1 is 1.14 bits per heavy atom. The molecule has 14 heavy (non-hydrogen) atoms. The fourth-order valence-corrected chi connectivity index (χ4v) is 1.78. The van der Waals surface area contributed by atoms with Gasteiger partial charge < -0.3 is 14.8 Å². The first-order valence-electron chi connectivity index (χ1n) is 4.47. The summed E-state index contributed by atoms with van der Waals surface area (Å²) in [6.45, 7) is 0. The van der Waals surface area contributed by atoms with E-state index in [0.29, 0.717) is 0 Å². The molecule has 0 radical (unpaired) electrons. The Balaban J connectivity index is 2.51. The highest BCUT2D eigenvalue weighted by Gasteiger charge is 2.29. The van der Waals surface area contributed by atoms with Crippen LogP contribution in [0, 0.1) is 0 Å². The van der Waals surface area contributed by atoms with Gasteiger partial charge >= 0.3 is 0 Å². The summed E-state index contributed by atoms with van der Waals surface area (Å²) in [7, 11) is 5.22. The monoisotopic (exact) mass is 191 g/mol. The summed E-state index contributed by atoms with van der Waals surface area (Å²) < 4.78 is 10.6. The molecule has 0 atom stereocenters. The van der Waals surface area contributed by atoms with Gasteiger partial charge in [-0.05, 0) is 6.07 Å². The van der Waals surface area contributed by atoms with Gasteiger partial charge in [0.15, 0.2) is 5.76 Å². The van der Waals surface area contributed by atoms with E-state index in [1.165, 1.54) is 0 Å². The third-order valence-electron chi connectivity index (χ3n) is 2.42. The average molecular weight is 191 g/mol. The summed E-state index contributed by atoms with van der Waals surface area (Å²) in [5.74, 6) is 1.73. The van der Waals surface area contributed by atoms with Gasteiger partial charge in [-0.25, -0.2) is 0 Å². The number of hydrogen-bond acceptors (Lipinski definition) is 3. The largest absolute Gasteiger partial charge is 0.496 e. The number of benzene rings is 1. The third-order valence-corrected chi connectivity index (χ3v) is 2.42. The van der Waals surface area contributed by atoms with Crippen LogP contribution in [0.25, 0.3) is 11.5 Å². The Bertz CT molecular complexity index is 396. The van der Waals surface area contributed by atoms with E-state index in [1.807, 2.05) is 25.2 Å². The minimum Gasteiger partial charge on any atom is -0.496 e. The van der Waals surface area contributed by atoms with Crippen LogP contribution in [-0.4, -0.2) is 21.3 Å². The lowest BCUT2D eigenvalue weighted by molar-refractivity contribution is 0.357. The molecular weight excluding hydrogens is 178 g/mol. The van der Waals surface area contributed by atoms with Crippen LogP contribution in [0.2, 0.25) is 0 Å². The second kappa shape index (κ2) is 3.25. The van der Waals surface area contributed by atoms with Crippen molar-refractivity contribution < 1.29 is 9.47 Å². The molecule has 2 rings (SSSR count). The topological polar surface area (TPSA) is 30.5 Å². The van der Waals surface area contributed by atoms with Crippen molar-refractivity contribution in [2.24, 2.45) is 0 Å². The highest BCUT2D eigenvalue weighted by molar-refractivity contribution is 6.02. The van der Waals surface area contributed by atoms with E-state index in [1.54, 1.807) is 14.2 Å². The smallest absolute Gasteiger partial charge is 0.154 e. The van der Waals surface area contributed by atoms with Crippen molar-refractivity contribution in [3.63, 3.8) is 0 Å². The maximum absolute atomic E-state index is 5.30. The molecule has 0 unspecified atom stereocenters. The molecule has 0 bridgehead atoms. The first kappa shape index (κ1) is 8.94. The quantitative estimate of drug-likeness (QED) is 0.788. The SMILES string of the molecule is CNC1=C(OC)c2c(OC)cccc21. The lowest BCUT2D eigenvalue weighted by atomic mass is 9.90. The molecule has 0 aliphatic heterocycles. The average Bonchev–Trinajstić information content (AvgIpc) is 2.20. The molecule has 0 saturated heterocycles. The summed E-state index contributed by atoms with van der Waals surface area (Å²) in [6, 6.07) is 5.96. The highest BCUT2D eigenvalue weighted by atomic mass is 16.5. The molecule has 1 aliphatic rings. The highest BCUT2D eigenvalue weighted by Crippen LogP contribution is 2.44. The van der Waals surface area contributed by atoms with E-state index in [-0.39, 0.29) is 0 Å². The summed E-state index contributed by atoms with van der Waals surface area (Å²) in [4.78, 5) is 0. The van der Waals surface area contributed by atoms with Gasteiger partial charge in [0.2, 0.25) is 0 Å². The van der Waals surface area contributed by atoms with Crippen molar-refractivity contribution in [3.05, 3.63) is 29.3 Å². The Morgan fingerprint density at radius 2 is 1.93 bits per heavy atom. The maximum Gasteiger partial charge on any atom is 0.154 e. The number of nitrogens with one attached hydrogen (secondary N) is 1. The van der Waals surface area contributed by atoms with Crippen LogP contribution < -0.4 is 10.1 Å². The van der Waals surface area contributed by atoms with Crippen molar-refractivity contribution in [1.29, 1.82) is 0 Å². The van der Waals surface area contributed by atoms with E-state index in [4.69, 9.17) is 9.47 Å². The fourth-order valence-electron chi connectivity index (χ4n) is 1.78. The molecule has 1 aliphatic carbocycles. The fraction of sp³-hybridized carbons (Fsp3) is 0.273. The van der Waals surface area contributed by atoms with Crippen LogP contribution in [0.3, 0.4) is 0 Å². The summed E-state index contributed by atoms with van der Waals surface area (Å²) in [5.41, 5.74) is 3.26. The Kier molecular flexibility index (Phi) is 2.08. The molecule has 1 aromatic carbocycles. The van der Waals surface area contributed by atoms with Crippen molar-refractivity contribution in [3.8, 4) is 5.75 Å². The first-order chi connectivity index (χ1) is 6.83. The zero-order valence-corrected chi connectivity index (χ0v) is 8.55. The lowest BCUT2D eigenvalue weighted by Crippen LogP contribution is -2.19. The zero-order valence-electron chi connectivity index (χ0n) is 8.55. The van der Waals surface area contributed by atoms with Gasteiger partial charge in [0.1, 0.15) is 5.75 Å². The van der Waals surface area contributed by atoms with E-state index >= 15 is 0 Å². The minimum atomic E-state index is 0.860. The van der Waals surface area contributed by atoms with E-state index < -0.39 is 0 Å². The molecule has 1 aromatic rings. The van der Waals surface area contributed by atoms with Crippen LogP contribution in [-0.2, 0) is 4.74 Å². The van der Waals surface area contributed by atoms with Gasteiger partial charge in [-0.1, -0.05) is 12.1 Å². The predicted octanol–water partition coefficient (Wildman–Crippen LogP) is 1.70. The van der Waals surface area contributed by atoms with Gasteiger partial charge in [0.25, 0.3) is 0 Å². The molecule has 74 valence electrons. The summed E-state index contributed by atoms with van der Waals surface area (Å²) in [5, 5.41) is 3.11. The van der Waals surface area contributed by atoms with Crippen molar-refractivity contribution in [2.45, 2.75) is 0 Å². The van der Waals surface area contributed by atoms with Gasteiger partial charge in [-0.15, -0.1) is 0 Å². The summed E-state index contributed by atoms with van der Waals surface area (Å²) >= 11 is 0. The zero-order chi connectivity index (χ0) is 10.1. The number of rotatable bonds is 3. The van der Waals surface area contributed by atoms with E-state index in [0.717, 1.165) is 28.3 Å². The summed E-state index contributed by atoms with van der Waals surface area (Å²) in [6.07, 6.45) is 0. The Morgan fingerprint density at radius 3 is 2.50 bits per heavy atom. The molecule has 3 heteroatoms. The van der Waals surface area contributed by atoms with Crippen molar-refractivity contribution >= 4 is 11.5 Å². The van der Waals surface area contributed by atoms with Crippen LogP contribution in [0.4, 0.5) is 0 Å². The molecule has 3 nitrogen and oxygen atoms in total. The van der Waals surface area contributed by atoms with Crippen molar-refractivity contribution in [1.82, 2.24) is 5.32 Å². The normalized spacial score (nSPS) is 13.1. The Hall–Kier alpha value is -1.64. The molecule has 0 fully saturated rings. The van der Waals surface area contributed by atoms with E-state index in [2.05, 4.69) is 5.32 Å². The number of hydrogen-bond donors (Lipinski definition) is 1. The first-order valence-corrected chi connectivity index (χ1v) is 4.47. The molecule has 1 N–H and O–H groups in total. The standard InChI is InChI=1S/C11H13NO2/c1-12-10-7-5-4-6-8(13-2)9(7)11(10)14-3/h4-6,12H,1-3H3. The Labute approximate surface area is 83.3 Å². The van der Waals surface area contributed by atoms with Crippen LogP contribution in [0.15, 0.2) is 18.2 Å². The number of methoxy groups -OCH3 is 2. The van der Waals surface area contributed by atoms with Crippen LogP contribution in [0.5, 0.6) is 5.75 Å². The van der Waals surface area contributed by atoms with Gasteiger partial charge in [0, 0.05) is 12.6 Å². The molecule has 0 heterocycles. The van der Waals surface area contributed by atoms with Crippen LogP contribution in [0.1, 0.15) is 11.1 Å². The lowest BCUT2D eigenvalue weighted by Gasteiger charge is -2.27. The van der Waals surface area contributed by atoms with Gasteiger partial charge in [0.05, 0.1) is 25.5 Å². The van der Waals surface area contributed by atoms with Gasteiger partial charge in [-0.3, -0.25) is 0 Å². The second-order valence-electron chi connectivity index (χ2n) is 3.04. The molecule has 0 aromatic heterocycles. The molecule has 0 spiro atoms. The van der Waals surface area contributed by atoms with Gasteiger partial charge in [-0.2, -0.15) is 0 Å². The molecular formula is C11H13NO2. The van der Waals surface area contributed by atoms with E-state index in [9.17, 15) is 0 Å². The minimum absolute atomic E-state index is 0.860. The predicted molar refractivity (Wildman–Crippen MR) is 55.9 cm³/mol. The molecule has 0 saturated carbocycles. The number of ether oxygens (including phenoxy) is 2. The number of fused-ring (bicyclic) bond motifs is 1. The molecule has 0 amide bonds. The third kappa shape index (κ3) is 0.985. The van der Waals surface area contributed by atoms with Crippen molar-refractivity contribution in [2.75, 3.05) is 21.3 Å². The van der Waals surface area contributed by atoms with Crippen LogP contribution >= 0.6 is 0 Å².